The van der Waals surface area contributed by atoms with Gasteiger partial charge < -0.3 is 0 Å². The Morgan fingerprint density at radius 3 is 2.75 bits per heavy atom. The Morgan fingerprint density at radius 1 is 1.25 bits per heavy atom. The highest BCUT2D eigenvalue weighted by Gasteiger charge is 1.92. The van der Waals surface area contributed by atoms with Crippen molar-refractivity contribution in [3.05, 3.63) is 42.3 Å². The summed E-state index contributed by atoms with van der Waals surface area (Å²) in [5.74, 6) is 0. The van der Waals surface area contributed by atoms with Crippen molar-refractivity contribution in [1.29, 1.82) is 0 Å². The van der Waals surface area contributed by atoms with Gasteiger partial charge in [-0.25, -0.2) is 0 Å². The Morgan fingerprint density at radius 2 is 2.08 bits per heavy atom. The van der Waals surface area contributed by atoms with Crippen molar-refractivity contribution in [1.82, 2.24) is 0 Å². The van der Waals surface area contributed by atoms with Crippen LogP contribution < -0.4 is 0 Å². The molecule has 1 aromatic carbocycles. The lowest BCUT2D eigenvalue weighted by atomic mass is 10.1. The molecule has 1 aromatic rings. The lowest BCUT2D eigenvalue weighted by molar-refractivity contribution is 0.462. The van der Waals surface area contributed by atoms with Gasteiger partial charge in [0.25, 0.3) is 0 Å². The van der Waals surface area contributed by atoms with Gasteiger partial charge in [0.1, 0.15) is 0 Å². The maximum atomic E-state index is 11.8. The number of halogens is 1. The van der Waals surface area contributed by atoms with Crippen LogP contribution in [-0.2, 0) is 6.42 Å². The van der Waals surface area contributed by atoms with Gasteiger partial charge in [-0.1, -0.05) is 24.3 Å². The molecule has 0 aliphatic carbocycles. The Hall–Kier alpha value is -0.850. The summed E-state index contributed by atoms with van der Waals surface area (Å²) in [4.78, 5) is 0. The van der Waals surface area contributed by atoms with Crippen molar-refractivity contribution in [2.45, 2.75) is 19.3 Å². The van der Waals surface area contributed by atoms with Gasteiger partial charge in [0.15, 0.2) is 0 Å². The third kappa shape index (κ3) is 3.04. The summed E-state index contributed by atoms with van der Waals surface area (Å²) in [5, 5.41) is 0. The fraction of sp³-hybridized carbons (Fsp3) is 0.364. The van der Waals surface area contributed by atoms with Crippen LogP contribution in [0.5, 0.6) is 0 Å². The number of aryl methyl sites for hydroxylation is 1. The van der Waals surface area contributed by atoms with Gasteiger partial charge in [0.2, 0.25) is 0 Å². The largest absolute Gasteiger partial charge is 0.251 e. The molecule has 12 heavy (non-hydrogen) atoms. The van der Waals surface area contributed by atoms with Crippen molar-refractivity contribution in [3.8, 4) is 0 Å². The van der Waals surface area contributed by atoms with E-state index in [0.717, 1.165) is 18.4 Å². The summed E-state index contributed by atoms with van der Waals surface area (Å²) in [6.45, 7) is 3.63. The summed E-state index contributed by atoms with van der Waals surface area (Å²) in [5.41, 5.74) is 2.30. The van der Waals surface area contributed by atoms with Gasteiger partial charge in [0.05, 0.1) is 6.67 Å². The molecule has 0 fully saturated rings. The van der Waals surface area contributed by atoms with E-state index in [1.54, 1.807) is 0 Å². The molecule has 0 aliphatic heterocycles. The van der Waals surface area contributed by atoms with Crippen LogP contribution in [0.2, 0.25) is 0 Å². The Kier molecular flexibility index (Phi) is 3.78. The highest BCUT2D eigenvalue weighted by molar-refractivity contribution is 5.25. The molecule has 0 aliphatic rings. The second-order valence-electron chi connectivity index (χ2n) is 2.97. The Bertz CT molecular complexity index is 230. The fourth-order valence-corrected chi connectivity index (χ4v) is 1.21. The molecule has 0 N–H and O–H groups in total. The van der Waals surface area contributed by atoms with E-state index in [1.165, 1.54) is 5.56 Å². The summed E-state index contributed by atoms with van der Waals surface area (Å²) < 4.78 is 11.8. The van der Waals surface area contributed by atoms with Crippen molar-refractivity contribution in [2.75, 3.05) is 6.67 Å². The van der Waals surface area contributed by atoms with Gasteiger partial charge in [0, 0.05) is 0 Å². The maximum absolute atomic E-state index is 11.8. The quantitative estimate of drug-likeness (QED) is 0.601. The van der Waals surface area contributed by atoms with E-state index >= 15 is 0 Å². The third-order valence-electron chi connectivity index (χ3n) is 1.84. The van der Waals surface area contributed by atoms with E-state index in [4.69, 9.17) is 0 Å². The normalized spacial score (nSPS) is 10.2. The molecule has 0 atom stereocenters. The summed E-state index contributed by atoms with van der Waals surface area (Å²) in [6.07, 6.45) is 2.56. The van der Waals surface area contributed by atoms with Gasteiger partial charge in [-0.3, -0.25) is 4.39 Å². The van der Waals surface area contributed by atoms with Crippen LogP contribution in [0.15, 0.2) is 24.3 Å². The van der Waals surface area contributed by atoms with Crippen molar-refractivity contribution in [2.24, 2.45) is 0 Å². The molecule has 0 saturated heterocycles. The van der Waals surface area contributed by atoms with Crippen molar-refractivity contribution in [3.63, 3.8) is 0 Å². The number of unbranched alkanes of at least 4 members (excludes halogenated alkanes) is 1. The summed E-state index contributed by atoms with van der Waals surface area (Å²) >= 11 is 0. The SMILES string of the molecule is [CH2]c1cccc(CCCCF)c1. The van der Waals surface area contributed by atoms with Gasteiger partial charge in [-0.05, 0) is 37.3 Å². The van der Waals surface area contributed by atoms with Crippen LogP contribution in [0.1, 0.15) is 24.0 Å². The minimum Gasteiger partial charge on any atom is -0.251 e. The number of benzene rings is 1. The molecule has 1 heteroatoms. The highest BCUT2D eigenvalue weighted by atomic mass is 19.1. The number of alkyl halides is 1. The van der Waals surface area contributed by atoms with Crippen LogP contribution in [0, 0.1) is 6.92 Å². The van der Waals surface area contributed by atoms with E-state index in [1.807, 2.05) is 12.1 Å². The zero-order valence-electron chi connectivity index (χ0n) is 7.22. The first-order valence-electron chi connectivity index (χ1n) is 4.30. The average molecular weight is 165 g/mol. The molecular formula is C11H14F. The molecule has 0 spiro atoms. The van der Waals surface area contributed by atoms with E-state index in [2.05, 4.69) is 19.1 Å². The standard InChI is InChI=1S/C11H14F/c1-10-5-4-7-11(9-10)6-2-3-8-12/h4-5,7,9H,1-3,6,8H2. The van der Waals surface area contributed by atoms with Gasteiger partial charge in [-0.2, -0.15) is 0 Å². The zero-order valence-corrected chi connectivity index (χ0v) is 7.22. The first-order valence-corrected chi connectivity index (χ1v) is 4.30. The Balaban J connectivity index is 2.41. The molecule has 0 saturated carbocycles. The molecule has 0 bridgehead atoms. The van der Waals surface area contributed by atoms with Crippen molar-refractivity contribution < 1.29 is 4.39 Å². The zero-order chi connectivity index (χ0) is 8.81. The highest BCUT2D eigenvalue weighted by Crippen LogP contribution is 2.07. The van der Waals surface area contributed by atoms with Crippen LogP contribution >= 0.6 is 0 Å². The van der Waals surface area contributed by atoms with Crippen LogP contribution in [0.25, 0.3) is 0 Å². The number of hydrogen-bond acceptors (Lipinski definition) is 0. The van der Waals surface area contributed by atoms with Gasteiger partial charge in [-0.15, -0.1) is 0 Å². The molecule has 0 unspecified atom stereocenters. The molecule has 0 amide bonds. The smallest absolute Gasteiger partial charge is 0.0894 e. The Labute approximate surface area is 73.4 Å². The first-order chi connectivity index (χ1) is 5.83. The first kappa shape index (κ1) is 9.24. The predicted molar refractivity (Wildman–Crippen MR) is 49.8 cm³/mol. The second kappa shape index (κ2) is 4.91. The van der Waals surface area contributed by atoms with Crippen molar-refractivity contribution >= 4 is 0 Å². The van der Waals surface area contributed by atoms with E-state index in [9.17, 15) is 4.39 Å². The van der Waals surface area contributed by atoms with E-state index < -0.39 is 0 Å². The topological polar surface area (TPSA) is 0 Å². The molecule has 0 aromatic heterocycles. The average Bonchev–Trinajstić information content (AvgIpc) is 2.05. The lowest BCUT2D eigenvalue weighted by Crippen LogP contribution is -1.86. The molecular weight excluding hydrogens is 151 g/mol. The van der Waals surface area contributed by atoms with Crippen LogP contribution in [-0.4, -0.2) is 6.67 Å². The third-order valence-corrected chi connectivity index (χ3v) is 1.84. The molecule has 1 radical (unpaired) electrons. The monoisotopic (exact) mass is 165 g/mol. The molecule has 0 heterocycles. The minimum atomic E-state index is -0.204. The van der Waals surface area contributed by atoms with E-state index in [-0.39, 0.29) is 6.67 Å². The van der Waals surface area contributed by atoms with Crippen LogP contribution in [0.4, 0.5) is 4.39 Å². The maximum Gasteiger partial charge on any atom is 0.0894 e. The second-order valence-corrected chi connectivity index (χ2v) is 2.97. The lowest BCUT2D eigenvalue weighted by Gasteiger charge is -2.00. The summed E-state index contributed by atoms with van der Waals surface area (Å²) in [6, 6.07) is 8.08. The predicted octanol–water partition coefficient (Wildman–Crippen LogP) is 3.16. The fourth-order valence-electron chi connectivity index (χ4n) is 1.21. The number of hydrogen-bond donors (Lipinski definition) is 0. The molecule has 1 rings (SSSR count). The van der Waals surface area contributed by atoms with Crippen LogP contribution in [0.3, 0.4) is 0 Å². The van der Waals surface area contributed by atoms with Gasteiger partial charge >= 0.3 is 0 Å². The molecule has 0 nitrogen and oxygen atoms in total. The number of rotatable bonds is 4. The minimum absolute atomic E-state index is 0.204. The van der Waals surface area contributed by atoms with E-state index in [0.29, 0.717) is 6.42 Å². The summed E-state index contributed by atoms with van der Waals surface area (Å²) in [7, 11) is 0. The molecule has 65 valence electrons.